The van der Waals surface area contributed by atoms with Gasteiger partial charge in [-0.05, 0) is 43.7 Å². The lowest BCUT2D eigenvalue weighted by Gasteiger charge is -2.41. The number of piperazine rings is 1. The maximum Gasteiger partial charge on any atom is 0.289 e. The molecule has 190 valence electrons. The van der Waals surface area contributed by atoms with Crippen molar-refractivity contribution in [1.82, 2.24) is 15.1 Å². The van der Waals surface area contributed by atoms with Crippen molar-refractivity contribution in [2.75, 3.05) is 37.6 Å². The van der Waals surface area contributed by atoms with E-state index in [1.165, 1.54) is 18.4 Å². The summed E-state index contributed by atoms with van der Waals surface area (Å²) in [5.74, 6) is -1.07. The molecular weight excluding hydrogens is 515 g/mol. The van der Waals surface area contributed by atoms with Crippen LogP contribution in [0.25, 0.3) is 11.1 Å². The fourth-order valence-corrected chi connectivity index (χ4v) is 6.57. The number of thiocarbonyl (C=S) groups is 1. The highest BCUT2D eigenvalue weighted by Crippen LogP contribution is 2.51. The number of hydrogen-bond donors (Lipinski definition) is 1. The summed E-state index contributed by atoms with van der Waals surface area (Å²) in [7, 11) is 0. The summed E-state index contributed by atoms with van der Waals surface area (Å²) in [6, 6.07) is 6.13. The van der Waals surface area contributed by atoms with Gasteiger partial charge in [-0.15, -0.1) is 0 Å². The molecule has 0 spiro atoms. The zero-order chi connectivity index (χ0) is 26.1. The first-order valence-electron chi connectivity index (χ1n) is 11.9. The first kappa shape index (κ1) is 24.1. The van der Waals surface area contributed by atoms with Crippen LogP contribution in [0.15, 0.2) is 45.9 Å². The second-order valence-electron chi connectivity index (χ2n) is 9.91. The molecule has 0 atom stereocenters. The molecule has 11 heteroatoms. The van der Waals surface area contributed by atoms with Crippen LogP contribution in [0.1, 0.15) is 35.5 Å². The molecule has 0 radical (unpaired) electrons. The number of carbonyl (C=O) groups excluding carboxylic acids is 3. The first-order valence-corrected chi connectivity index (χ1v) is 13.1. The molecule has 2 saturated heterocycles. The van der Waals surface area contributed by atoms with Crippen LogP contribution < -0.4 is 10.2 Å². The highest BCUT2D eigenvalue weighted by Gasteiger charge is 2.48. The van der Waals surface area contributed by atoms with Crippen molar-refractivity contribution < 1.29 is 23.2 Å². The number of benzene rings is 1. The van der Waals surface area contributed by atoms with Crippen LogP contribution in [-0.4, -0.2) is 70.1 Å². The number of carbonyl (C=O) groups is 3. The zero-order valence-electron chi connectivity index (χ0n) is 20.2. The third-order valence-electron chi connectivity index (χ3n) is 7.06. The second kappa shape index (κ2) is 8.64. The van der Waals surface area contributed by atoms with Gasteiger partial charge in [-0.1, -0.05) is 30.1 Å². The van der Waals surface area contributed by atoms with Crippen molar-refractivity contribution in [3.05, 3.63) is 64.2 Å². The molecule has 8 nitrogen and oxygen atoms in total. The van der Waals surface area contributed by atoms with E-state index in [-0.39, 0.29) is 26.6 Å². The SMILES string of the molecule is CC1(C)C=C(CN2CCN(C(=O)c3ccco3)CC2)c2cc(F)cc3c2N1C(=O)/C3=C1\SC(=S)NC1=O. The van der Waals surface area contributed by atoms with Gasteiger partial charge in [0.05, 0.1) is 28.0 Å². The third kappa shape index (κ3) is 3.92. The van der Waals surface area contributed by atoms with E-state index in [0.717, 1.165) is 17.3 Å². The Kier molecular flexibility index (Phi) is 5.62. The standard InChI is InChI=1S/C26H23FN4O4S2/c1-26(2)12-14(13-29-5-7-30(8-6-29)23(33)18-4-3-9-35-18)16-10-15(27)11-17-19(24(34)31(26)20(16)17)21-22(32)28-25(36)37-21/h3-4,9-12H,5-8,13H2,1-2H3,(H,28,32,36)/b21-19-. The minimum atomic E-state index is -0.703. The van der Waals surface area contributed by atoms with Gasteiger partial charge in [-0.2, -0.15) is 0 Å². The van der Waals surface area contributed by atoms with Gasteiger partial charge in [0.15, 0.2) is 5.76 Å². The van der Waals surface area contributed by atoms with Crippen LogP contribution in [0, 0.1) is 5.82 Å². The van der Waals surface area contributed by atoms with Gasteiger partial charge in [-0.25, -0.2) is 4.39 Å². The van der Waals surface area contributed by atoms with E-state index in [2.05, 4.69) is 10.2 Å². The Labute approximate surface area is 222 Å². The fraction of sp³-hybridized carbons (Fsp3) is 0.308. The summed E-state index contributed by atoms with van der Waals surface area (Å²) in [5.41, 5.74) is 2.06. The first-order chi connectivity index (χ1) is 17.6. The molecule has 0 bridgehead atoms. The van der Waals surface area contributed by atoms with Gasteiger partial charge in [0, 0.05) is 43.9 Å². The minimum absolute atomic E-state index is 0.131. The Morgan fingerprint density at radius 2 is 1.92 bits per heavy atom. The lowest BCUT2D eigenvalue weighted by molar-refractivity contribution is -0.116. The summed E-state index contributed by atoms with van der Waals surface area (Å²) in [6.45, 7) is 6.79. The molecular formula is C26H23FN4O4S2. The van der Waals surface area contributed by atoms with Crippen molar-refractivity contribution in [1.29, 1.82) is 0 Å². The Morgan fingerprint density at radius 3 is 2.57 bits per heavy atom. The number of furan rings is 1. The summed E-state index contributed by atoms with van der Waals surface area (Å²) in [5, 5.41) is 2.56. The van der Waals surface area contributed by atoms with E-state index in [0.29, 0.717) is 55.3 Å². The largest absolute Gasteiger partial charge is 0.459 e. The smallest absolute Gasteiger partial charge is 0.289 e. The summed E-state index contributed by atoms with van der Waals surface area (Å²) >= 11 is 6.15. The average Bonchev–Trinajstić information content (AvgIpc) is 3.55. The van der Waals surface area contributed by atoms with Crippen molar-refractivity contribution in [3.8, 4) is 0 Å². The average molecular weight is 539 g/mol. The predicted molar refractivity (Wildman–Crippen MR) is 142 cm³/mol. The van der Waals surface area contributed by atoms with Gasteiger partial charge in [0.25, 0.3) is 17.7 Å². The van der Waals surface area contributed by atoms with Crippen LogP contribution in [0.5, 0.6) is 0 Å². The monoisotopic (exact) mass is 538 g/mol. The Morgan fingerprint density at radius 1 is 1.19 bits per heavy atom. The van der Waals surface area contributed by atoms with Gasteiger partial charge in [0.1, 0.15) is 10.1 Å². The summed E-state index contributed by atoms with van der Waals surface area (Å²) in [6.07, 6.45) is 3.48. The second-order valence-corrected chi connectivity index (χ2v) is 11.6. The topological polar surface area (TPSA) is 86.1 Å². The fourth-order valence-electron chi connectivity index (χ4n) is 5.46. The molecule has 0 unspecified atom stereocenters. The van der Waals surface area contributed by atoms with Crippen LogP contribution in [0.2, 0.25) is 0 Å². The molecule has 1 aromatic carbocycles. The van der Waals surface area contributed by atoms with Crippen molar-refractivity contribution in [2.24, 2.45) is 0 Å². The highest BCUT2D eigenvalue weighted by molar-refractivity contribution is 8.27. The van der Waals surface area contributed by atoms with Gasteiger partial charge in [0.2, 0.25) is 0 Å². The number of rotatable bonds is 3. The summed E-state index contributed by atoms with van der Waals surface area (Å²) in [4.78, 5) is 44.7. The van der Waals surface area contributed by atoms with Crippen molar-refractivity contribution in [3.63, 3.8) is 0 Å². The van der Waals surface area contributed by atoms with Crippen LogP contribution in [0.3, 0.4) is 0 Å². The normalized spacial score (nSPS) is 22.9. The Bertz CT molecular complexity index is 1440. The van der Waals surface area contributed by atoms with E-state index in [9.17, 15) is 18.8 Å². The Hall–Kier alpha value is -3.28. The van der Waals surface area contributed by atoms with E-state index in [1.54, 1.807) is 21.9 Å². The molecule has 5 heterocycles. The molecule has 1 N–H and O–H groups in total. The van der Waals surface area contributed by atoms with Crippen LogP contribution in [-0.2, 0) is 9.59 Å². The van der Waals surface area contributed by atoms with Crippen LogP contribution >= 0.6 is 24.0 Å². The van der Waals surface area contributed by atoms with Crippen molar-refractivity contribution in [2.45, 2.75) is 19.4 Å². The van der Waals surface area contributed by atoms with Crippen LogP contribution in [0.4, 0.5) is 10.1 Å². The summed E-state index contributed by atoms with van der Waals surface area (Å²) < 4.78 is 20.5. The number of thioether (sulfide) groups is 1. The highest BCUT2D eigenvalue weighted by atomic mass is 32.2. The lowest BCUT2D eigenvalue weighted by atomic mass is 9.87. The zero-order valence-corrected chi connectivity index (χ0v) is 21.8. The van der Waals surface area contributed by atoms with Gasteiger partial charge in [-0.3, -0.25) is 24.2 Å². The Balaban J connectivity index is 1.32. The molecule has 0 saturated carbocycles. The quantitative estimate of drug-likeness (QED) is 0.474. The van der Waals surface area contributed by atoms with E-state index in [1.807, 2.05) is 19.9 Å². The molecule has 6 rings (SSSR count). The predicted octanol–water partition coefficient (Wildman–Crippen LogP) is 3.26. The molecule has 4 aliphatic rings. The third-order valence-corrected chi connectivity index (χ3v) is 8.30. The molecule has 1 aromatic heterocycles. The molecule has 37 heavy (non-hydrogen) atoms. The number of halogens is 1. The van der Waals surface area contributed by atoms with Crippen molar-refractivity contribution >= 4 is 62.9 Å². The number of nitrogens with one attached hydrogen (secondary N) is 1. The van der Waals surface area contributed by atoms with E-state index in [4.69, 9.17) is 16.6 Å². The molecule has 0 aliphatic carbocycles. The van der Waals surface area contributed by atoms with Gasteiger partial charge >= 0.3 is 0 Å². The molecule has 4 aliphatic heterocycles. The maximum absolute atomic E-state index is 15.0. The molecule has 3 amide bonds. The minimum Gasteiger partial charge on any atom is -0.459 e. The van der Waals surface area contributed by atoms with Gasteiger partial charge < -0.3 is 14.6 Å². The number of amides is 3. The number of nitrogens with zero attached hydrogens (tertiary/aromatic N) is 3. The van der Waals surface area contributed by atoms with E-state index >= 15 is 0 Å². The lowest BCUT2D eigenvalue weighted by Crippen LogP contribution is -2.50. The number of anilines is 1. The van der Waals surface area contributed by atoms with E-state index < -0.39 is 17.3 Å². The number of hydrogen-bond acceptors (Lipinski definition) is 7. The maximum atomic E-state index is 15.0. The molecule has 2 aromatic rings. The molecule has 2 fully saturated rings.